The lowest BCUT2D eigenvalue weighted by atomic mass is 10.1. The van der Waals surface area contributed by atoms with Gasteiger partial charge in [0.05, 0.1) is 6.04 Å². The van der Waals surface area contributed by atoms with Crippen molar-refractivity contribution >= 4 is 36.4 Å². The molecule has 0 aliphatic heterocycles. The van der Waals surface area contributed by atoms with Gasteiger partial charge in [-0.15, -0.1) is 24.8 Å². The zero-order valence-electron chi connectivity index (χ0n) is 12.7. The average Bonchev–Trinajstić information content (AvgIpc) is 2.77. The van der Waals surface area contributed by atoms with Crippen molar-refractivity contribution in [1.29, 1.82) is 0 Å². The van der Waals surface area contributed by atoms with E-state index >= 15 is 0 Å². The van der Waals surface area contributed by atoms with Gasteiger partial charge in [0.15, 0.2) is 5.65 Å². The van der Waals surface area contributed by atoms with Crippen molar-refractivity contribution in [2.45, 2.75) is 39.8 Å². The topological polar surface area (TPSA) is 105 Å². The van der Waals surface area contributed by atoms with Crippen molar-refractivity contribution in [2.24, 2.45) is 5.73 Å². The standard InChI is InChI=1S/C13H19N5O2.2ClH/c1-4-10(14)13(20)15-6-9-7(2)16-11-5-12(19)17-18(11)8(9)3;;/h5,10H,4,6,14H2,1-3H3,(H,15,20)(H,17,19);2*1H/t10-;;/m0../s1. The average molecular weight is 350 g/mol. The van der Waals surface area contributed by atoms with Crippen LogP contribution >= 0.6 is 24.8 Å². The number of nitrogens with one attached hydrogen (secondary N) is 2. The van der Waals surface area contributed by atoms with E-state index in [9.17, 15) is 9.59 Å². The van der Waals surface area contributed by atoms with Gasteiger partial charge in [0.25, 0.3) is 5.56 Å². The molecular weight excluding hydrogens is 329 g/mol. The minimum Gasteiger partial charge on any atom is -0.351 e. The van der Waals surface area contributed by atoms with Crippen molar-refractivity contribution in [1.82, 2.24) is 19.9 Å². The van der Waals surface area contributed by atoms with Gasteiger partial charge < -0.3 is 11.1 Å². The largest absolute Gasteiger partial charge is 0.351 e. The Hall–Kier alpha value is -1.57. The van der Waals surface area contributed by atoms with E-state index < -0.39 is 6.04 Å². The smallest absolute Gasteiger partial charge is 0.266 e. The lowest BCUT2D eigenvalue weighted by Crippen LogP contribution is -2.40. The van der Waals surface area contributed by atoms with E-state index in [0.717, 1.165) is 17.0 Å². The Labute approximate surface area is 140 Å². The maximum atomic E-state index is 11.7. The number of hydrogen-bond donors (Lipinski definition) is 3. The maximum Gasteiger partial charge on any atom is 0.266 e. The van der Waals surface area contributed by atoms with Gasteiger partial charge in [-0.05, 0) is 20.3 Å². The zero-order chi connectivity index (χ0) is 14.9. The Morgan fingerprint density at radius 3 is 2.68 bits per heavy atom. The van der Waals surface area contributed by atoms with Crippen LogP contribution in [0, 0.1) is 13.8 Å². The second-order valence-corrected chi connectivity index (χ2v) is 4.81. The molecule has 0 bridgehead atoms. The van der Waals surface area contributed by atoms with Crippen molar-refractivity contribution in [3.8, 4) is 0 Å². The van der Waals surface area contributed by atoms with Crippen molar-refractivity contribution in [3.05, 3.63) is 33.4 Å². The van der Waals surface area contributed by atoms with Crippen molar-refractivity contribution < 1.29 is 4.79 Å². The number of halogens is 2. The van der Waals surface area contributed by atoms with E-state index in [1.807, 2.05) is 20.8 Å². The fourth-order valence-corrected chi connectivity index (χ4v) is 2.10. The Balaban J connectivity index is 0.00000220. The molecule has 0 saturated heterocycles. The monoisotopic (exact) mass is 349 g/mol. The summed E-state index contributed by atoms with van der Waals surface area (Å²) in [4.78, 5) is 27.4. The molecule has 9 heteroatoms. The number of amides is 1. The van der Waals surface area contributed by atoms with Crippen LogP contribution in [-0.2, 0) is 11.3 Å². The Morgan fingerprint density at radius 1 is 1.45 bits per heavy atom. The van der Waals surface area contributed by atoms with Crippen LogP contribution in [0.25, 0.3) is 5.65 Å². The van der Waals surface area contributed by atoms with E-state index in [2.05, 4.69) is 15.4 Å². The lowest BCUT2D eigenvalue weighted by molar-refractivity contribution is -0.122. The van der Waals surface area contributed by atoms with E-state index in [-0.39, 0.29) is 36.3 Å². The summed E-state index contributed by atoms with van der Waals surface area (Å²) in [5, 5.41) is 5.47. The van der Waals surface area contributed by atoms with Crippen LogP contribution in [0.15, 0.2) is 10.9 Å². The van der Waals surface area contributed by atoms with Crippen LogP contribution in [0.1, 0.15) is 30.3 Å². The number of carbonyl (C=O) groups excluding carboxylic acids is 1. The third-order valence-electron chi connectivity index (χ3n) is 3.42. The van der Waals surface area contributed by atoms with Crippen LogP contribution < -0.4 is 16.6 Å². The highest BCUT2D eigenvalue weighted by molar-refractivity contribution is 5.85. The third-order valence-corrected chi connectivity index (χ3v) is 3.42. The Kier molecular flexibility index (Phi) is 7.58. The molecule has 0 aliphatic carbocycles. The number of nitrogens with zero attached hydrogens (tertiary/aromatic N) is 2. The lowest BCUT2D eigenvalue weighted by Gasteiger charge is -2.14. The van der Waals surface area contributed by atoms with Crippen molar-refractivity contribution in [2.75, 3.05) is 0 Å². The van der Waals surface area contributed by atoms with Gasteiger partial charge in [0.1, 0.15) is 0 Å². The van der Waals surface area contributed by atoms with Gasteiger partial charge in [0, 0.05) is 29.6 Å². The molecule has 0 fully saturated rings. The number of carbonyl (C=O) groups is 1. The van der Waals surface area contributed by atoms with E-state index in [0.29, 0.717) is 18.6 Å². The van der Waals surface area contributed by atoms with E-state index in [1.165, 1.54) is 6.07 Å². The number of rotatable bonds is 4. The van der Waals surface area contributed by atoms with Crippen LogP contribution in [0.2, 0.25) is 0 Å². The first-order chi connectivity index (χ1) is 9.43. The molecule has 0 aliphatic rings. The summed E-state index contributed by atoms with van der Waals surface area (Å²) in [6.45, 7) is 5.93. The summed E-state index contributed by atoms with van der Waals surface area (Å²) >= 11 is 0. The molecular formula is C13H21Cl2N5O2. The molecule has 22 heavy (non-hydrogen) atoms. The molecule has 1 atom stereocenters. The second-order valence-electron chi connectivity index (χ2n) is 4.81. The summed E-state index contributed by atoms with van der Waals surface area (Å²) in [5.41, 5.74) is 8.55. The number of H-pyrrole nitrogens is 1. The number of fused-ring (bicyclic) bond motifs is 1. The van der Waals surface area contributed by atoms with Gasteiger partial charge in [-0.25, -0.2) is 9.50 Å². The molecule has 0 saturated carbocycles. The minimum absolute atomic E-state index is 0. The predicted molar refractivity (Wildman–Crippen MR) is 89.9 cm³/mol. The SMILES string of the molecule is CC[C@H](N)C(=O)NCc1c(C)nc2cc(=O)[nH]n2c1C.Cl.Cl. The molecule has 0 radical (unpaired) electrons. The number of aromatic amines is 1. The highest BCUT2D eigenvalue weighted by atomic mass is 35.5. The summed E-state index contributed by atoms with van der Waals surface area (Å²) < 4.78 is 1.62. The molecule has 7 nitrogen and oxygen atoms in total. The number of aromatic nitrogens is 3. The first-order valence-electron chi connectivity index (χ1n) is 6.55. The van der Waals surface area contributed by atoms with Crippen LogP contribution in [0.5, 0.6) is 0 Å². The number of nitrogens with two attached hydrogens (primary N) is 1. The Bertz CT molecular complexity index is 710. The van der Waals surface area contributed by atoms with Gasteiger partial charge in [-0.1, -0.05) is 6.92 Å². The van der Waals surface area contributed by atoms with Gasteiger partial charge in [-0.2, -0.15) is 0 Å². The fourth-order valence-electron chi connectivity index (χ4n) is 2.10. The molecule has 0 aromatic carbocycles. The summed E-state index contributed by atoms with van der Waals surface area (Å²) in [5.74, 6) is -0.188. The first kappa shape index (κ1) is 20.4. The predicted octanol–water partition coefficient (Wildman–Crippen LogP) is 0.837. The highest BCUT2D eigenvalue weighted by Crippen LogP contribution is 2.12. The van der Waals surface area contributed by atoms with Gasteiger partial charge in [0.2, 0.25) is 5.91 Å². The molecule has 1 amide bonds. The Morgan fingerprint density at radius 2 is 2.09 bits per heavy atom. The fraction of sp³-hybridized carbons (Fsp3) is 0.462. The van der Waals surface area contributed by atoms with E-state index in [4.69, 9.17) is 5.73 Å². The zero-order valence-corrected chi connectivity index (χ0v) is 14.3. The van der Waals surface area contributed by atoms with Crippen LogP contribution in [-0.4, -0.2) is 26.5 Å². The quantitative estimate of drug-likeness (QED) is 0.760. The molecule has 0 spiro atoms. The molecule has 2 aromatic heterocycles. The highest BCUT2D eigenvalue weighted by Gasteiger charge is 2.14. The normalized spacial score (nSPS) is 11.5. The number of aryl methyl sites for hydroxylation is 2. The maximum absolute atomic E-state index is 11.7. The molecule has 124 valence electrons. The second kappa shape index (κ2) is 8.17. The molecule has 0 unspecified atom stereocenters. The van der Waals surface area contributed by atoms with Crippen molar-refractivity contribution in [3.63, 3.8) is 0 Å². The first-order valence-corrected chi connectivity index (χ1v) is 6.55. The van der Waals surface area contributed by atoms with Crippen LogP contribution in [0.4, 0.5) is 0 Å². The van der Waals surface area contributed by atoms with E-state index in [1.54, 1.807) is 4.52 Å². The number of hydrogen-bond acceptors (Lipinski definition) is 4. The summed E-state index contributed by atoms with van der Waals surface area (Å²) in [7, 11) is 0. The molecule has 2 heterocycles. The molecule has 2 rings (SSSR count). The third kappa shape index (κ3) is 4.00. The van der Waals surface area contributed by atoms with Gasteiger partial charge >= 0.3 is 0 Å². The van der Waals surface area contributed by atoms with Gasteiger partial charge in [-0.3, -0.25) is 14.7 Å². The van der Waals surface area contributed by atoms with Crippen LogP contribution in [0.3, 0.4) is 0 Å². The molecule has 2 aromatic rings. The molecule has 4 N–H and O–H groups in total. The minimum atomic E-state index is -0.501. The summed E-state index contributed by atoms with van der Waals surface area (Å²) in [6.07, 6.45) is 0.589. The summed E-state index contributed by atoms with van der Waals surface area (Å²) in [6, 6.07) is 0.939.